The molecule has 2 aromatic heterocycles. The topological polar surface area (TPSA) is 92.4 Å². The quantitative estimate of drug-likeness (QED) is 0.831. The third-order valence-corrected chi connectivity index (χ3v) is 2.58. The number of alkyl halides is 2. The number of halogens is 2. The van der Waals surface area contributed by atoms with Gasteiger partial charge in [0, 0.05) is 17.9 Å². The maximum absolute atomic E-state index is 12.1. The van der Waals surface area contributed by atoms with Crippen molar-refractivity contribution in [2.75, 3.05) is 6.54 Å². The number of fused-ring (bicyclic) bond motifs is 1. The molecule has 0 aliphatic heterocycles. The van der Waals surface area contributed by atoms with E-state index in [9.17, 15) is 13.6 Å². The van der Waals surface area contributed by atoms with Crippen LogP contribution < -0.4 is 5.32 Å². The molecule has 0 radical (unpaired) electrons. The van der Waals surface area contributed by atoms with Crippen LogP contribution in [0.15, 0.2) is 6.07 Å². The molecular formula is C11H13F2N5O2. The average molecular weight is 285 g/mol. The van der Waals surface area contributed by atoms with Gasteiger partial charge in [0.2, 0.25) is 5.82 Å². The van der Waals surface area contributed by atoms with E-state index in [0.29, 0.717) is 0 Å². The van der Waals surface area contributed by atoms with Crippen molar-refractivity contribution in [3.05, 3.63) is 23.3 Å². The highest BCUT2D eigenvalue weighted by Gasteiger charge is 2.20. The molecule has 2 heterocycles. The van der Waals surface area contributed by atoms with Crippen molar-refractivity contribution < 1.29 is 18.7 Å². The van der Waals surface area contributed by atoms with Gasteiger partial charge in [-0.2, -0.15) is 4.98 Å². The Morgan fingerprint density at radius 2 is 2.15 bits per heavy atom. The van der Waals surface area contributed by atoms with Gasteiger partial charge in [-0.3, -0.25) is 4.79 Å². The maximum atomic E-state index is 12.1. The molecule has 108 valence electrons. The van der Waals surface area contributed by atoms with E-state index in [2.05, 4.69) is 20.4 Å². The number of rotatable bonds is 4. The van der Waals surface area contributed by atoms with Crippen LogP contribution in [0.2, 0.25) is 0 Å². The Kier molecular flexibility index (Phi) is 3.89. The van der Waals surface area contributed by atoms with Gasteiger partial charge in [-0.1, -0.05) is 0 Å². The van der Waals surface area contributed by atoms with E-state index in [0.717, 1.165) is 11.4 Å². The molecule has 0 fully saturated rings. The summed E-state index contributed by atoms with van der Waals surface area (Å²) < 4.78 is 25.6. The predicted molar refractivity (Wildman–Crippen MR) is 64.6 cm³/mol. The number of hydrogen-bond acceptors (Lipinski definition) is 5. The molecule has 1 amide bonds. The Morgan fingerprint density at radius 3 is 2.80 bits per heavy atom. The molecule has 0 aliphatic carbocycles. The molecule has 2 N–H and O–H groups in total. The lowest BCUT2D eigenvalue weighted by molar-refractivity contribution is -0.00275. The van der Waals surface area contributed by atoms with Gasteiger partial charge in [-0.15, -0.1) is 5.10 Å². The number of aromatic nitrogens is 4. The number of aryl methyl sites for hydroxylation is 2. The van der Waals surface area contributed by atoms with Crippen LogP contribution in [0.4, 0.5) is 8.78 Å². The van der Waals surface area contributed by atoms with Crippen LogP contribution in [0.25, 0.3) is 5.78 Å². The van der Waals surface area contributed by atoms with E-state index in [4.69, 9.17) is 5.11 Å². The number of nitrogens with one attached hydrogen (secondary N) is 1. The summed E-state index contributed by atoms with van der Waals surface area (Å²) in [7, 11) is 0. The molecular weight excluding hydrogens is 272 g/mol. The Bertz CT molecular complexity index is 643. The van der Waals surface area contributed by atoms with Gasteiger partial charge in [-0.25, -0.2) is 18.3 Å². The first kappa shape index (κ1) is 14.3. The molecule has 1 atom stereocenters. The lowest BCUT2D eigenvalue weighted by Crippen LogP contribution is -2.36. The first-order valence-electron chi connectivity index (χ1n) is 5.84. The first-order chi connectivity index (χ1) is 9.38. The van der Waals surface area contributed by atoms with Gasteiger partial charge in [0.05, 0.1) is 0 Å². The van der Waals surface area contributed by atoms with Gasteiger partial charge >= 0.3 is 0 Å². The summed E-state index contributed by atoms with van der Waals surface area (Å²) in [4.78, 5) is 19.7. The molecule has 20 heavy (non-hydrogen) atoms. The molecule has 0 spiro atoms. The molecule has 2 rings (SSSR count). The molecule has 7 nitrogen and oxygen atoms in total. The highest BCUT2D eigenvalue weighted by Crippen LogP contribution is 2.05. The van der Waals surface area contributed by atoms with Gasteiger partial charge in [0.1, 0.15) is 6.10 Å². The van der Waals surface area contributed by atoms with Crippen molar-refractivity contribution in [3.63, 3.8) is 0 Å². The Balaban J connectivity index is 2.17. The summed E-state index contributed by atoms with van der Waals surface area (Å²) in [5.74, 6) is -0.679. The number of aliphatic hydroxyl groups is 1. The second kappa shape index (κ2) is 5.45. The van der Waals surface area contributed by atoms with Crippen molar-refractivity contribution in [2.24, 2.45) is 0 Å². The number of amides is 1. The number of nitrogens with zero attached hydrogens (tertiary/aromatic N) is 4. The Labute approximate surface area is 112 Å². The van der Waals surface area contributed by atoms with Gasteiger partial charge in [-0.05, 0) is 19.9 Å². The van der Waals surface area contributed by atoms with E-state index < -0.39 is 25.0 Å². The van der Waals surface area contributed by atoms with Crippen LogP contribution in [0.3, 0.4) is 0 Å². The minimum absolute atomic E-state index is 0.187. The fraction of sp³-hybridized carbons (Fsp3) is 0.455. The molecule has 0 aliphatic rings. The van der Waals surface area contributed by atoms with Crippen molar-refractivity contribution in [1.29, 1.82) is 0 Å². The zero-order valence-corrected chi connectivity index (χ0v) is 10.8. The van der Waals surface area contributed by atoms with Crippen LogP contribution in [-0.4, -0.2) is 49.7 Å². The van der Waals surface area contributed by atoms with E-state index in [1.807, 2.05) is 0 Å². The summed E-state index contributed by atoms with van der Waals surface area (Å²) in [6.45, 7) is 2.98. The summed E-state index contributed by atoms with van der Waals surface area (Å²) in [6.07, 6.45) is -4.84. The zero-order chi connectivity index (χ0) is 14.9. The van der Waals surface area contributed by atoms with Crippen LogP contribution in [0.5, 0.6) is 0 Å². The summed E-state index contributed by atoms with van der Waals surface area (Å²) in [5, 5.41) is 15.0. The minimum atomic E-state index is -2.92. The van der Waals surface area contributed by atoms with Crippen molar-refractivity contribution >= 4 is 11.7 Å². The first-order valence-corrected chi connectivity index (χ1v) is 5.84. The van der Waals surface area contributed by atoms with Crippen LogP contribution in [0, 0.1) is 13.8 Å². The van der Waals surface area contributed by atoms with Gasteiger partial charge in [0.15, 0.2) is 0 Å². The van der Waals surface area contributed by atoms with Crippen molar-refractivity contribution in [1.82, 2.24) is 24.9 Å². The van der Waals surface area contributed by atoms with Crippen molar-refractivity contribution in [3.8, 4) is 0 Å². The van der Waals surface area contributed by atoms with Gasteiger partial charge < -0.3 is 10.4 Å². The SMILES string of the molecule is Cc1cc(C)n2nc(C(=O)NCC(O)C(F)F)nc2n1. The molecule has 0 saturated carbocycles. The van der Waals surface area contributed by atoms with E-state index in [1.54, 1.807) is 19.9 Å². The number of hydrogen-bond donors (Lipinski definition) is 2. The third-order valence-electron chi connectivity index (χ3n) is 2.58. The fourth-order valence-electron chi connectivity index (χ4n) is 1.63. The number of aliphatic hydroxyl groups excluding tert-OH is 1. The second-order valence-electron chi connectivity index (χ2n) is 4.30. The highest BCUT2D eigenvalue weighted by molar-refractivity contribution is 5.90. The van der Waals surface area contributed by atoms with Crippen LogP contribution in [0.1, 0.15) is 22.0 Å². The molecule has 1 unspecified atom stereocenters. The largest absolute Gasteiger partial charge is 0.385 e. The maximum Gasteiger partial charge on any atom is 0.291 e. The number of carbonyl (C=O) groups is 1. The number of carbonyl (C=O) groups excluding carboxylic acids is 1. The highest BCUT2D eigenvalue weighted by atomic mass is 19.3. The van der Waals surface area contributed by atoms with Crippen LogP contribution >= 0.6 is 0 Å². The van der Waals surface area contributed by atoms with Gasteiger partial charge in [0.25, 0.3) is 18.1 Å². The zero-order valence-electron chi connectivity index (χ0n) is 10.8. The van der Waals surface area contributed by atoms with E-state index >= 15 is 0 Å². The smallest absolute Gasteiger partial charge is 0.291 e. The summed E-state index contributed by atoms with van der Waals surface area (Å²) in [6, 6.07) is 1.77. The molecule has 9 heteroatoms. The third kappa shape index (κ3) is 2.87. The summed E-state index contributed by atoms with van der Waals surface area (Å²) >= 11 is 0. The molecule has 0 saturated heterocycles. The normalized spacial score (nSPS) is 12.9. The Hall–Kier alpha value is -2.16. The molecule has 0 aromatic carbocycles. The summed E-state index contributed by atoms with van der Waals surface area (Å²) in [5.41, 5.74) is 1.47. The molecule has 0 bridgehead atoms. The fourth-order valence-corrected chi connectivity index (χ4v) is 1.63. The molecule has 2 aromatic rings. The van der Waals surface area contributed by atoms with Crippen molar-refractivity contribution in [2.45, 2.75) is 26.4 Å². The van der Waals surface area contributed by atoms with E-state index in [-0.39, 0.29) is 11.6 Å². The van der Waals surface area contributed by atoms with Crippen LogP contribution in [-0.2, 0) is 0 Å². The average Bonchev–Trinajstić information content (AvgIpc) is 2.79. The van der Waals surface area contributed by atoms with E-state index in [1.165, 1.54) is 4.52 Å². The Morgan fingerprint density at radius 1 is 1.45 bits per heavy atom. The second-order valence-corrected chi connectivity index (χ2v) is 4.30. The lowest BCUT2D eigenvalue weighted by Gasteiger charge is -2.08. The monoisotopic (exact) mass is 285 g/mol. The lowest BCUT2D eigenvalue weighted by atomic mass is 10.3. The standard InChI is InChI=1S/C11H13F2N5O2/c1-5-3-6(2)18-11(15-5)16-9(17-18)10(20)14-4-7(19)8(12)13/h3,7-8,19H,4H2,1-2H3,(H,14,20). The minimum Gasteiger partial charge on any atom is -0.385 e. The predicted octanol–water partition coefficient (Wildman–Crippen LogP) is 0.0969.